The summed E-state index contributed by atoms with van der Waals surface area (Å²) in [5.74, 6) is 0.270. The molecule has 0 amide bonds. The maximum absolute atomic E-state index is 13.4. The minimum Gasteiger partial charge on any atom is -0.461 e. The number of esters is 1. The van der Waals surface area contributed by atoms with Gasteiger partial charge in [0.05, 0.1) is 5.69 Å². The molecule has 2 aliphatic rings. The van der Waals surface area contributed by atoms with Crippen molar-refractivity contribution in [2.24, 2.45) is 29.4 Å². The van der Waals surface area contributed by atoms with Crippen LogP contribution in [0.5, 0.6) is 0 Å². The molecular formula is C24H27FN2O2. The second kappa shape index (κ2) is 7.38. The molecule has 0 unspecified atom stereocenters. The number of halogens is 1. The maximum atomic E-state index is 13.4. The number of allylic oxidation sites excluding steroid dienone is 1. The van der Waals surface area contributed by atoms with Crippen LogP contribution in [0.4, 0.5) is 4.39 Å². The van der Waals surface area contributed by atoms with Crippen LogP contribution in [0.25, 0.3) is 17.2 Å². The number of carbonyl (C=O) groups is 1. The summed E-state index contributed by atoms with van der Waals surface area (Å²) >= 11 is 0. The van der Waals surface area contributed by atoms with E-state index in [1.807, 2.05) is 31.2 Å². The van der Waals surface area contributed by atoms with Gasteiger partial charge < -0.3 is 10.5 Å². The molecule has 0 spiro atoms. The largest absolute Gasteiger partial charge is 0.461 e. The average Bonchev–Trinajstić information content (AvgIpc) is 2.91. The Morgan fingerprint density at radius 1 is 1.21 bits per heavy atom. The number of fused-ring (bicyclic) bond motifs is 1. The van der Waals surface area contributed by atoms with Crippen molar-refractivity contribution < 1.29 is 13.9 Å². The summed E-state index contributed by atoms with van der Waals surface area (Å²) in [6.07, 6.45) is 6.34. The number of carbonyl (C=O) groups excluding carboxylic acids is 1. The number of pyridine rings is 1. The van der Waals surface area contributed by atoms with Gasteiger partial charge in [0.25, 0.3) is 0 Å². The summed E-state index contributed by atoms with van der Waals surface area (Å²) < 4.78 is 19.0. The number of nitrogens with two attached hydrogens (primary N) is 1. The highest BCUT2D eigenvalue weighted by molar-refractivity contribution is 5.84. The van der Waals surface area contributed by atoms with Crippen molar-refractivity contribution in [2.75, 3.05) is 0 Å². The second-order valence-electron chi connectivity index (χ2n) is 8.64. The van der Waals surface area contributed by atoms with Crippen LogP contribution < -0.4 is 5.73 Å². The molecule has 152 valence electrons. The summed E-state index contributed by atoms with van der Waals surface area (Å²) in [6, 6.07) is 10.3. The topological polar surface area (TPSA) is 65.2 Å². The standard InChI is InChI=1S/C24H27FN2O2/c1-14-12-24(26)22(16(3)29-23(24)28)21(15(14)2)10-9-20-8-7-18(13-27-20)17-5-4-6-19(25)11-17/h4-11,13-16,21-22H,12,26H2,1-3H3/t14-,15+,16+,21-,22-,24-/m0/s1. The highest BCUT2D eigenvalue weighted by Gasteiger charge is 2.60. The van der Waals surface area contributed by atoms with Crippen LogP contribution in [0.2, 0.25) is 0 Å². The molecule has 2 aromatic rings. The molecule has 1 aliphatic carbocycles. The van der Waals surface area contributed by atoms with Gasteiger partial charge in [-0.15, -0.1) is 0 Å². The molecule has 2 heterocycles. The van der Waals surface area contributed by atoms with E-state index in [2.05, 4.69) is 24.9 Å². The number of nitrogens with zero attached hydrogens (tertiary/aromatic N) is 1. The van der Waals surface area contributed by atoms with E-state index in [9.17, 15) is 9.18 Å². The van der Waals surface area contributed by atoms with Crippen molar-refractivity contribution in [2.45, 2.75) is 38.8 Å². The normalized spacial score (nSPS) is 34.2. The molecule has 0 bridgehead atoms. The van der Waals surface area contributed by atoms with Crippen molar-refractivity contribution in [1.29, 1.82) is 0 Å². The van der Waals surface area contributed by atoms with Gasteiger partial charge in [-0.25, -0.2) is 4.39 Å². The molecule has 2 N–H and O–H groups in total. The molecule has 1 aromatic heterocycles. The summed E-state index contributed by atoms with van der Waals surface area (Å²) in [5.41, 5.74) is 8.12. The molecule has 1 aromatic carbocycles. The van der Waals surface area contributed by atoms with Gasteiger partial charge >= 0.3 is 5.97 Å². The number of rotatable bonds is 3. The Hall–Kier alpha value is -2.53. The number of ether oxygens (including phenoxy) is 1. The van der Waals surface area contributed by atoms with Crippen LogP contribution in [0, 0.1) is 29.5 Å². The predicted molar refractivity (Wildman–Crippen MR) is 111 cm³/mol. The zero-order chi connectivity index (χ0) is 20.8. The monoisotopic (exact) mass is 394 g/mol. The van der Waals surface area contributed by atoms with Crippen LogP contribution in [0.1, 0.15) is 32.9 Å². The highest BCUT2D eigenvalue weighted by atomic mass is 19.1. The minimum atomic E-state index is -0.908. The molecule has 4 nitrogen and oxygen atoms in total. The van der Waals surface area contributed by atoms with Crippen LogP contribution in [-0.2, 0) is 9.53 Å². The fraction of sp³-hybridized carbons (Fsp3) is 0.417. The zero-order valence-electron chi connectivity index (χ0n) is 17.0. The van der Waals surface area contributed by atoms with E-state index in [-0.39, 0.29) is 29.7 Å². The van der Waals surface area contributed by atoms with Crippen LogP contribution >= 0.6 is 0 Å². The molecule has 5 heteroatoms. The van der Waals surface area contributed by atoms with E-state index in [4.69, 9.17) is 10.5 Å². The number of cyclic esters (lactones) is 1. The lowest BCUT2D eigenvalue weighted by Gasteiger charge is -2.45. The third-order valence-corrected chi connectivity index (χ3v) is 6.79. The van der Waals surface area contributed by atoms with Gasteiger partial charge in [-0.3, -0.25) is 9.78 Å². The quantitative estimate of drug-likeness (QED) is 0.781. The molecule has 2 fully saturated rings. The molecule has 1 saturated carbocycles. The van der Waals surface area contributed by atoms with E-state index in [0.29, 0.717) is 18.3 Å². The summed E-state index contributed by atoms with van der Waals surface area (Å²) in [6.45, 7) is 6.31. The van der Waals surface area contributed by atoms with Crippen molar-refractivity contribution in [3.63, 3.8) is 0 Å². The first kappa shape index (κ1) is 19.8. The summed E-state index contributed by atoms with van der Waals surface area (Å²) in [7, 11) is 0. The summed E-state index contributed by atoms with van der Waals surface area (Å²) in [4.78, 5) is 16.9. The number of benzene rings is 1. The zero-order valence-corrected chi connectivity index (χ0v) is 17.0. The van der Waals surface area contributed by atoms with Gasteiger partial charge in [-0.2, -0.15) is 0 Å². The van der Waals surface area contributed by atoms with E-state index < -0.39 is 5.54 Å². The smallest absolute Gasteiger partial charge is 0.326 e. The Bertz CT molecular complexity index is 942. The fourth-order valence-electron chi connectivity index (χ4n) is 5.05. The van der Waals surface area contributed by atoms with E-state index in [1.54, 1.807) is 12.3 Å². The Kier molecular flexibility index (Phi) is 5.03. The van der Waals surface area contributed by atoms with E-state index in [1.165, 1.54) is 12.1 Å². The van der Waals surface area contributed by atoms with Gasteiger partial charge in [0, 0.05) is 17.7 Å². The lowest BCUT2D eigenvalue weighted by Crippen LogP contribution is -2.58. The Labute approximate surface area is 171 Å². The molecule has 1 saturated heterocycles. The van der Waals surface area contributed by atoms with Gasteiger partial charge in [-0.05, 0) is 60.9 Å². The third-order valence-electron chi connectivity index (χ3n) is 6.79. The number of hydrogen-bond donors (Lipinski definition) is 1. The maximum Gasteiger partial charge on any atom is 0.326 e. The van der Waals surface area contributed by atoms with E-state index in [0.717, 1.165) is 16.8 Å². The van der Waals surface area contributed by atoms with E-state index >= 15 is 0 Å². The van der Waals surface area contributed by atoms with Crippen LogP contribution in [0.3, 0.4) is 0 Å². The molecule has 0 radical (unpaired) electrons. The summed E-state index contributed by atoms with van der Waals surface area (Å²) in [5, 5.41) is 0. The molecule has 4 rings (SSSR count). The minimum absolute atomic E-state index is 0.0379. The fourth-order valence-corrected chi connectivity index (χ4v) is 5.05. The van der Waals surface area contributed by atoms with Crippen molar-refractivity contribution >= 4 is 12.0 Å². The van der Waals surface area contributed by atoms with Crippen LogP contribution in [0.15, 0.2) is 48.7 Å². The lowest BCUT2D eigenvalue weighted by atomic mass is 9.59. The van der Waals surface area contributed by atoms with Gasteiger partial charge in [-0.1, -0.05) is 38.1 Å². The van der Waals surface area contributed by atoms with Gasteiger partial charge in [0.1, 0.15) is 17.5 Å². The molecular weight excluding hydrogens is 367 g/mol. The number of aromatic nitrogens is 1. The SMILES string of the molecule is C[C@H]1[C@H](C=Cc2ccc(-c3cccc(F)c3)cn2)[C@@H]2[C@@H](C)OC(=O)[C@]2(N)C[C@@H]1C. The van der Waals surface area contributed by atoms with Gasteiger partial charge in [0.15, 0.2) is 0 Å². The van der Waals surface area contributed by atoms with Crippen molar-refractivity contribution in [3.8, 4) is 11.1 Å². The Morgan fingerprint density at radius 3 is 2.69 bits per heavy atom. The van der Waals surface area contributed by atoms with Crippen molar-refractivity contribution in [3.05, 3.63) is 60.2 Å². The first-order valence-electron chi connectivity index (χ1n) is 10.2. The lowest BCUT2D eigenvalue weighted by molar-refractivity contribution is -0.145. The Morgan fingerprint density at radius 2 is 2.00 bits per heavy atom. The van der Waals surface area contributed by atoms with Crippen molar-refractivity contribution in [1.82, 2.24) is 4.98 Å². The first-order valence-corrected chi connectivity index (χ1v) is 10.2. The average molecular weight is 394 g/mol. The predicted octanol–water partition coefficient (Wildman–Crippen LogP) is 4.45. The first-order chi connectivity index (χ1) is 13.8. The molecule has 6 atom stereocenters. The Balaban J connectivity index is 1.58. The molecule has 29 heavy (non-hydrogen) atoms. The highest BCUT2D eigenvalue weighted by Crippen LogP contribution is 2.50. The second-order valence-corrected chi connectivity index (χ2v) is 8.64. The molecule has 1 aliphatic heterocycles. The third kappa shape index (κ3) is 3.48. The van der Waals surface area contributed by atoms with Crippen LogP contribution in [-0.4, -0.2) is 22.6 Å². The number of hydrogen-bond acceptors (Lipinski definition) is 4. The van der Waals surface area contributed by atoms with Gasteiger partial charge in [0.2, 0.25) is 0 Å².